The Hall–Kier alpha value is -0.260. The van der Waals surface area contributed by atoms with Gasteiger partial charge in [0, 0.05) is 0 Å². The summed E-state index contributed by atoms with van der Waals surface area (Å²) in [6, 6.07) is 0. The van der Waals surface area contributed by atoms with Crippen LogP contribution in [0, 0.1) is 34.5 Å². The third-order valence-electron chi connectivity index (χ3n) is 8.54. The van der Waals surface area contributed by atoms with Gasteiger partial charge < -0.3 is 0 Å². The van der Waals surface area contributed by atoms with E-state index in [1.807, 2.05) is 0 Å². The molecule has 0 spiro atoms. The van der Waals surface area contributed by atoms with Gasteiger partial charge >= 0.3 is 0 Å². The smallest absolute Gasteiger partial charge is 0.00879 e. The Balaban J connectivity index is 1.66. The molecule has 4 rings (SSSR count). The van der Waals surface area contributed by atoms with Gasteiger partial charge in [-0.25, -0.2) is 0 Å². The number of hydrogen-bond acceptors (Lipinski definition) is 0. The number of fused-ring (bicyclic) bond motifs is 5. The van der Waals surface area contributed by atoms with Crippen LogP contribution in [0.5, 0.6) is 0 Å². The minimum Gasteiger partial charge on any atom is -0.0993 e. The molecule has 0 bridgehead atoms. The van der Waals surface area contributed by atoms with E-state index in [0.29, 0.717) is 10.8 Å². The first-order valence-electron chi connectivity index (χ1n) is 9.24. The van der Waals surface area contributed by atoms with Crippen molar-refractivity contribution in [2.75, 3.05) is 0 Å². The predicted molar refractivity (Wildman–Crippen MR) is 85.5 cm³/mol. The molecule has 0 heteroatoms. The Morgan fingerprint density at radius 3 is 2.60 bits per heavy atom. The summed E-state index contributed by atoms with van der Waals surface area (Å²) >= 11 is 0. The van der Waals surface area contributed by atoms with E-state index in [2.05, 4.69) is 20.4 Å². The Morgan fingerprint density at radius 2 is 1.75 bits per heavy atom. The van der Waals surface area contributed by atoms with E-state index in [4.69, 9.17) is 0 Å². The van der Waals surface area contributed by atoms with Gasteiger partial charge in [0.2, 0.25) is 0 Å². The predicted octanol–water partition coefficient (Wildman–Crippen LogP) is 5.98. The van der Waals surface area contributed by atoms with Crippen LogP contribution >= 0.6 is 0 Å². The summed E-state index contributed by atoms with van der Waals surface area (Å²) in [5, 5.41) is 0. The highest BCUT2D eigenvalue weighted by molar-refractivity contribution is 5.21. The van der Waals surface area contributed by atoms with Gasteiger partial charge in [-0.3, -0.25) is 0 Å². The van der Waals surface area contributed by atoms with Crippen molar-refractivity contribution in [3.63, 3.8) is 0 Å². The average Bonchev–Trinajstić information content (AvgIpc) is 2.74. The molecule has 0 heterocycles. The molecule has 4 aliphatic rings. The molecule has 0 nitrogen and oxygen atoms in total. The van der Waals surface area contributed by atoms with Crippen LogP contribution in [0.15, 0.2) is 12.2 Å². The van der Waals surface area contributed by atoms with E-state index < -0.39 is 0 Å². The molecule has 4 saturated carbocycles. The topological polar surface area (TPSA) is 0 Å². The maximum absolute atomic E-state index is 4.45. The second kappa shape index (κ2) is 4.37. The second-order valence-electron chi connectivity index (χ2n) is 9.00. The molecule has 20 heavy (non-hydrogen) atoms. The zero-order valence-electron chi connectivity index (χ0n) is 13.6. The quantitative estimate of drug-likeness (QED) is 0.476. The Bertz CT molecular complexity index is 422. The lowest BCUT2D eigenvalue weighted by atomic mass is 9.45. The minimum atomic E-state index is 0.513. The van der Waals surface area contributed by atoms with E-state index in [1.165, 1.54) is 57.8 Å². The summed E-state index contributed by atoms with van der Waals surface area (Å²) in [5.74, 6) is 4.12. The summed E-state index contributed by atoms with van der Waals surface area (Å²) in [7, 11) is 0. The average molecular weight is 272 g/mol. The van der Waals surface area contributed by atoms with E-state index in [-0.39, 0.29) is 0 Å². The molecule has 0 aliphatic heterocycles. The lowest BCUT2D eigenvalue weighted by Gasteiger charge is -2.60. The fourth-order valence-electron chi connectivity index (χ4n) is 7.20. The molecule has 0 saturated heterocycles. The summed E-state index contributed by atoms with van der Waals surface area (Å²) in [6.07, 6.45) is 14.9. The zero-order valence-corrected chi connectivity index (χ0v) is 13.6. The second-order valence-corrected chi connectivity index (χ2v) is 9.00. The van der Waals surface area contributed by atoms with Crippen LogP contribution in [0.4, 0.5) is 0 Å². The molecule has 6 atom stereocenters. The molecule has 0 N–H and O–H groups in total. The molecule has 4 fully saturated rings. The van der Waals surface area contributed by atoms with Crippen LogP contribution in [0.25, 0.3) is 0 Å². The monoisotopic (exact) mass is 272 g/mol. The largest absolute Gasteiger partial charge is 0.0993 e. The summed E-state index contributed by atoms with van der Waals surface area (Å²) in [5.41, 5.74) is 2.81. The molecule has 0 aromatic heterocycles. The standard InChI is InChI=1S/C20H32/c1-14-7-10-17-16-9-8-15-6-4-5-12-20(15,3)18(16)11-13-19(14,17)2/h15-18H,1,4-13H2,2-3H3/t15-,16-,17-,18-,19+,20-/m0/s1. The molecular weight excluding hydrogens is 240 g/mol. The Labute approximate surface area is 125 Å². The van der Waals surface area contributed by atoms with Crippen LogP contribution in [0.3, 0.4) is 0 Å². The van der Waals surface area contributed by atoms with Crippen molar-refractivity contribution < 1.29 is 0 Å². The third-order valence-corrected chi connectivity index (χ3v) is 8.54. The first-order chi connectivity index (χ1) is 9.56. The van der Waals surface area contributed by atoms with E-state index in [0.717, 1.165) is 23.7 Å². The minimum absolute atomic E-state index is 0.513. The van der Waals surface area contributed by atoms with Crippen molar-refractivity contribution >= 4 is 0 Å². The summed E-state index contributed by atoms with van der Waals surface area (Å²) < 4.78 is 0. The van der Waals surface area contributed by atoms with Gasteiger partial charge in [0.1, 0.15) is 0 Å². The molecule has 0 aromatic carbocycles. The van der Waals surface area contributed by atoms with E-state index >= 15 is 0 Å². The highest BCUT2D eigenvalue weighted by Gasteiger charge is 2.57. The number of hydrogen-bond donors (Lipinski definition) is 0. The molecular formula is C20H32. The van der Waals surface area contributed by atoms with Gasteiger partial charge in [-0.2, -0.15) is 0 Å². The van der Waals surface area contributed by atoms with Gasteiger partial charge in [-0.1, -0.05) is 38.8 Å². The molecule has 4 aliphatic carbocycles. The van der Waals surface area contributed by atoms with Gasteiger partial charge in [-0.05, 0) is 85.9 Å². The molecule has 112 valence electrons. The molecule has 0 radical (unpaired) electrons. The molecule has 0 amide bonds. The van der Waals surface area contributed by atoms with Crippen LogP contribution in [-0.2, 0) is 0 Å². The highest BCUT2D eigenvalue weighted by atomic mass is 14.6. The van der Waals surface area contributed by atoms with Gasteiger partial charge in [0.25, 0.3) is 0 Å². The van der Waals surface area contributed by atoms with Gasteiger partial charge in [0.05, 0.1) is 0 Å². The maximum atomic E-state index is 4.45. The van der Waals surface area contributed by atoms with Gasteiger partial charge in [-0.15, -0.1) is 0 Å². The molecule has 0 unspecified atom stereocenters. The van der Waals surface area contributed by atoms with Crippen LogP contribution in [-0.4, -0.2) is 0 Å². The molecule has 0 aromatic rings. The Morgan fingerprint density at radius 1 is 0.900 bits per heavy atom. The Kier molecular flexibility index (Phi) is 2.93. The van der Waals surface area contributed by atoms with E-state index in [9.17, 15) is 0 Å². The number of allylic oxidation sites excluding steroid dienone is 1. The van der Waals surface area contributed by atoms with Crippen molar-refractivity contribution in [3.05, 3.63) is 12.2 Å². The third kappa shape index (κ3) is 1.60. The van der Waals surface area contributed by atoms with Crippen molar-refractivity contribution in [2.24, 2.45) is 34.5 Å². The fourth-order valence-corrected chi connectivity index (χ4v) is 7.20. The maximum Gasteiger partial charge on any atom is -0.00879 e. The first-order valence-corrected chi connectivity index (χ1v) is 9.24. The van der Waals surface area contributed by atoms with Gasteiger partial charge in [0.15, 0.2) is 0 Å². The lowest BCUT2D eigenvalue weighted by molar-refractivity contribution is -0.0972. The van der Waals surface area contributed by atoms with Crippen LogP contribution in [0.1, 0.15) is 78.1 Å². The van der Waals surface area contributed by atoms with Crippen LogP contribution in [0.2, 0.25) is 0 Å². The first kappa shape index (κ1) is 13.4. The van der Waals surface area contributed by atoms with Crippen LogP contribution < -0.4 is 0 Å². The zero-order chi connectivity index (χ0) is 14.0. The fraction of sp³-hybridized carbons (Fsp3) is 0.900. The van der Waals surface area contributed by atoms with E-state index in [1.54, 1.807) is 12.0 Å². The van der Waals surface area contributed by atoms with Crippen molar-refractivity contribution in [1.82, 2.24) is 0 Å². The van der Waals surface area contributed by atoms with Crippen molar-refractivity contribution in [3.8, 4) is 0 Å². The lowest BCUT2D eigenvalue weighted by Crippen LogP contribution is -2.51. The van der Waals surface area contributed by atoms with Crippen molar-refractivity contribution in [1.29, 1.82) is 0 Å². The van der Waals surface area contributed by atoms with Crippen molar-refractivity contribution in [2.45, 2.75) is 78.1 Å². The highest BCUT2D eigenvalue weighted by Crippen LogP contribution is 2.67. The summed E-state index contributed by atoms with van der Waals surface area (Å²) in [4.78, 5) is 0. The normalized spacial score (nSPS) is 55.0. The SMILES string of the molecule is C=C1CC[C@H]2[C@@H]3CC[C@@H]4CCCC[C@]4(C)[C@H]3CC[C@]12C. The number of rotatable bonds is 0. The summed E-state index contributed by atoms with van der Waals surface area (Å²) in [6.45, 7) is 9.68.